The van der Waals surface area contributed by atoms with Gasteiger partial charge in [-0.3, -0.25) is 19.5 Å². The number of hydrogen-bond donors (Lipinski definition) is 2. The van der Waals surface area contributed by atoms with Crippen LogP contribution in [0.2, 0.25) is 0 Å². The fraction of sp³-hybridized carbons (Fsp3) is 0.542. The topological polar surface area (TPSA) is 83.0 Å². The van der Waals surface area contributed by atoms with Crippen molar-refractivity contribution in [2.75, 3.05) is 32.8 Å². The molecule has 1 aromatic rings. The Morgan fingerprint density at radius 3 is 2.45 bits per heavy atom. The maximum Gasteiger partial charge on any atom is 0.233 e. The standard InChI is InChI=1S/C24H32N4O3/c1-2-25-24(27-13-7-15-31-19-8-4-3-5-9-19)26-12-6-14-28-22(29)20-17-10-11-18(16-17)21(20)23(28)30/h3-5,8-11,17-18,20-21H,2,6-7,12-16H2,1H3,(H2,25,26,27). The molecule has 1 heterocycles. The molecular weight excluding hydrogens is 392 g/mol. The number of rotatable bonds is 10. The lowest BCUT2D eigenvalue weighted by Crippen LogP contribution is -2.40. The lowest BCUT2D eigenvalue weighted by Gasteiger charge is -2.18. The van der Waals surface area contributed by atoms with E-state index in [2.05, 4.69) is 27.8 Å². The van der Waals surface area contributed by atoms with Gasteiger partial charge in [0.15, 0.2) is 5.96 Å². The lowest BCUT2D eigenvalue weighted by atomic mass is 9.85. The van der Waals surface area contributed by atoms with Gasteiger partial charge >= 0.3 is 0 Å². The van der Waals surface area contributed by atoms with Gasteiger partial charge in [-0.05, 0) is 43.7 Å². The molecule has 1 saturated heterocycles. The van der Waals surface area contributed by atoms with Gasteiger partial charge in [-0.1, -0.05) is 30.4 Å². The predicted octanol–water partition coefficient (Wildman–Crippen LogP) is 2.21. The molecule has 2 bridgehead atoms. The molecule has 2 N–H and O–H groups in total. The highest BCUT2D eigenvalue weighted by molar-refractivity contribution is 6.06. The SMILES string of the molecule is CCNC(=NCCCOc1ccccc1)NCCCN1C(=O)C2C3C=CC(C3)C2C1=O. The summed E-state index contributed by atoms with van der Waals surface area (Å²) < 4.78 is 5.69. The van der Waals surface area contributed by atoms with Crippen molar-refractivity contribution in [1.82, 2.24) is 15.5 Å². The van der Waals surface area contributed by atoms with E-state index in [9.17, 15) is 9.59 Å². The van der Waals surface area contributed by atoms with E-state index in [4.69, 9.17) is 4.74 Å². The van der Waals surface area contributed by atoms with Crippen molar-refractivity contribution in [1.29, 1.82) is 0 Å². The summed E-state index contributed by atoms with van der Waals surface area (Å²) >= 11 is 0. The van der Waals surface area contributed by atoms with Crippen molar-refractivity contribution in [3.05, 3.63) is 42.5 Å². The molecule has 0 aromatic heterocycles. The Bertz CT molecular complexity index is 808. The Kier molecular flexibility index (Phi) is 6.89. The molecule has 7 nitrogen and oxygen atoms in total. The third-order valence-corrected chi connectivity index (χ3v) is 6.34. The molecule has 4 rings (SSSR count). The van der Waals surface area contributed by atoms with E-state index in [1.54, 1.807) is 0 Å². The van der Waals surface area contributed by atoms with Crippen molar-refractivity contribution >= 4 is 17.8 Å². The van der Waals surface area contributed by atoms with E-state index < -0.39 is 0 Å². The first-order chi connectivity index (χ1) is 15.2. The highest BCUT2D eigenvalue weighted by Crippen LogP contribution is 2.52. The van der Waals surface area contributed by atoms with E-state index in [0.717, 1.165) is 31.1 Å². The number of hydrogen-bond acceptors (Lipinski definition) is 4. The van der Waals surface area contributed by atoms with Crippen LogP contribution < -0.4 is 15.4 Å². The van der Waals surface area contributed by atoms with Crippen molar-refractivity contribution in [3.63, 3.8) is 0 Å². The highest BCUT2D eigenvalue weighted by Gasteiger charge is 2.58. The molecule has 31 heavy (non-hydrogen) atoms. The molecule has 7 heteroatoms. The molecule has 1 aromatic carbocycles. The second-order valence-electron chi connectivity index (χ2n) is 8.38. The third-order valence-electron chi connectivity index (χ3n) is 6.34. The molecule has 3 aliphatic rings. The van der Waals surface area contributed by atoms with Gasteiger partial charge in [-0.25, -0.2) is 0 Å². The van der Waals surface area contributed by atoms with Crippen LogP contribution in [0.3, 0.4) is 0 Å². The number of aliphatic imine (C=N–C) groups is 1. The summed E-state index contributed by atoms with van der Waals surface area (Å²) in [6, 6.07) is 9.77. The van der Waals surface area contributed by atoms with Gasteiger partial charge in [-0.2, -0.15) is 0 Å². The zero-order chi connectivity index (χ0) is 21.6. The summed E-state index contributed by atoms with van der Waals surface area (Å²) in [5.41, 5.74) is 0. The number of carbonyl (C=O) groups is 2. The maximum atomic E-state index is 12.7. The normalized spacial score (nSPS) is 26.5. The van der Waals surface area contributed by atoms with Gasteiger partial charge in [0.05, 0.1) is 18.4 Å². The van der Waals surface area contributed by atoms with Crippen LogP contribution in [0.15, 0.2) is 47.5 Å². The number of ether oxygens (including phenoxy) is 1. The molecule has 2 amide bonds. The molecule has 4 unspecified atom stereocenters. The van der Waals surface area contributed by atoms with E-state index in [1.165, 1.54) is 4.90 Å². The number of allylic oxidation sites excluding steroid dienone is 2. The van der Waals surface area contributed by atoms with Crippen LogP contribution in [0.25, 0.3) is 0 Å². The van der Waals surface area contributed by atoms with Gasteiger partial charge < -0.3 is 15.4 Å². The average molecular weight is 425 g/mol. The summed E-state index contributed by atoms with van der Waals surface area (Å²) in [6.07, 6.45) is 6.77. The molecule has 0 radical (unpaired) electrons. The lowest BCUT2D eigenvalue weighted by molar-refractivity contribution is -0.140. The van der Waals surface area contributed by atoms with Gasteiger partial charge in [0.1, 0.15) is 5.75 Å². The van der Waals surface area contributed by atoms with Crippen LogP contribution in [0.5, 0.6) is 5.75 Å². The molecule has 1 aliphatic heterocycles. The van der Waals surface area contributed by atoms with Gasteiger partial charge in [0.2, 0.25) is 11.8 Å². The number of benzene rings is 1. The van der Waals surface area contributed by atoms with Crippen molar-refractivity contribution in [3.8, 4) is 5.75 Å². The van der Waals surface area contributed by atoms with Crippen LogP contribution in [-0.2, 0) is 9.59 Å². The fourth-order valence-electron chi connectivity index (χ4n) is 4.93. The molecule has 4 atom stereocenters. The van der Waals surface area contributed by atoms with Crippen molar-refractivity contribution in [2.24, 2.45) is 28.7 Å². The Labute approximate surface area is 183 Å². The van der Waals surface area contributed by atoms with E-state index in [-0.39, 0.29) is 35.5 Å². The largest absolute Gasteiger partial charge is 0.494 e. The number of nitrogens with zero attached hydrogens (tertiary/aromatic N) is 2. The summed E-state index contributed by atoms with van der Waals surface area (Å²) in [4.78, 5) is 31.5. The molecular formula is C24H32N4O3. The summed E-state index contributed by atoms with van der Waals surface area (Å²) in [5.74, 6) is 2.02. The minimum atomic E-state index is -0.104. The van der Waals surface area contributed by atoms with E-state index >= 15 is 0 Å². The minimum Gasteiger partial charge on any atom is -0.494 e. The fourth-order valence-corrected chi connectivity index (χ4v) is 4.93. The van der Waals surface area contributed by atoms with Crippen molar-refractivity contribution < 1.29 is 14.3 Å². The van der Waals surface area contributed by atoms with Crippen LogP contribution in [0, 0.1) is 23.7 Å². The number of imide groups is 1. The zero-order valence-corrected chi connectivity index (χ0v) is 18.1. The van der Waals surface area contributed by atoms with Crippen LogP contribution >= 0.6 is 0 Å². The number of nitrogens with one attached hydrogen (secondary N) is 2. The van der Waals surface area contributed by atoms with Crippen LogP contribution in [0.1, 0.15) is 26.2 Å². The first-order valence-electron chi connectivity index (χ1n) is 11.4. The van der Waals surface area contributed by atoms with Crippen LogP contribution in [-0.4, -0.2) is 55.5 Å². The number of carbonyl (C=O) groups excluding carboxylic acids is 2. The third kappa shape index (κ3) is 4.75. The second kappa shape index (κ2) is 9.98. The van der Waals surface area contributed by atoms with E-state index in [1.807, 2.05) is 37.3 Å². The van der Waals surface area contributed by atoms with Crippen LogP contribution in [0.4, 0.5) is 0 Å². The van der Waals surface area contributed by atoms with E-state index in [0.29, 0.717) is 32.7 Å². The Hall–Kier alpha value is -2.83. The average Bonchev–Trinajstić information content (AvgIpc) is 3.46. The first-order valence-corrected chi connectivity index (χ1v) is 11.4. The maximum absolute atomic E-state index is 12.7. The monoisotopic (exact) mass is 424 g/mol. The smallest absolute Gasteiger partial charge is 0.233 e. The zero-order valence-electron chi connectivity index (χ0n) is 18.1. The second-order valence-corrected chi connectivity index (χ2v) is 8.38. The molecule has 2 aliphatic carbocycles. The quantitative estimate of drug-likeness (QED) is 0.198. The Morgan fingerprint density at radius 2 is 1.77 bits per heavy atom. The van der Waals surface area contributed by atoms with Gasteiger partial charge in [0.25, 0.3) is 0 Å². The number of likely N-dealkylation sites (tertiary alicyclic amines) is 1. The summed E-state index contributed by atoms with van der Waals surface area (Å²) in [7, 11) is 0. The molecule has 2 fully saturated rings. The van der Waals surface area contributed by atoms with Gasteiger partial charge in [0, 0.05) is 32.6 Å². The molecule has 166 valence electrons. The minimum absolute atomic E-state index is 0.0332. The number of guanidine groups is 1. The Morgan fingerprint density at radius 1 is 1.06 bits per heavy atom. The number of para-hydroxylation sites is 1. The number of fused-ring (bicyclic) bond motifs is 5. The first kappa shape index (κ1) is 21.4. The summed E-state index contributed by atoms with van der Waals surface area (Å²) in [6.45, 7) is 5.20. The summed E-state index contributed by atoms with van der Waals surface area (Å²) in [5, 5.41) is 6.53. The molecule has 1 saturated carbocycles. The highest BCUT2D eigenvalue weighted by atomic mass is 16.5. The van der Waals surface area contributed by atoms with Crippen molar-refractivity contribution in [2.45, 2.75) is 26.2 Å². The number of amides is 2. The van der Waals surface area contributed by atoms with Gasteiger partial charge in [-0.15, -0.1) is 0 Å². The Balaban J connectivity index is 1.16. The predicted molar refractivity (Wildman–Crippen MR) is 120 cm³/mol. The molecule has 0 spiro atoms.